The van der Waals surface area contributed by atoms with Gasteiger partial charge in [0, 0.05) is 6.20 Å². The Kier molecular flexibility index (Phi) is 4.84. The number of sulfonamides is 1. The molecule has 1 aromatic heterocycles. The fourth-order valence-electron chi connectivity index (χ4n) is 1.96. The minimum absolute atomic E-state index is 0.123. The molecular formula is C15H18N4O5S. The van der Waals surface area contributed by atoms with Gasteiger partial charge in [-0.25, -0.2) is 13.2 Å². The van der Waals surface area contributed by atoms with E-state index in [1.807, 2.05) is 0 Å². The first-order valence-corrected chi connectivity index (χ1v) is 9.06. The molecule has 10 heteroatoms. The zero-order valence-electron chi connectivity index (χ0n) is 13.8. The van der Waals surface area contributed by atoms with Gasteiger partial charge >= 0.3 is 5.97 Å². The van der Waals surface area contributed by atoms with Crippen molar-refractivity contribution in [2.75, 3.05) is 16.3 Å². The van der Waals surface area contributed by atoms with Gasteiger partial charge in [0.05, 0.1) is 29.4 Å². The van der Waals surface area contributed by atoms with E-state index in [2.05, 4.69) is 15.1 Å². The number of carbonyl (C=O) groups excluding carboxylic acids is 1. The summed E-state index contributed by atoms with van der Waals surface area (Å²) in [5.41, 5.74) is -0.731. The molecule has 0 saturated carbocycles. The lowest BCUT2D eigenvalue weighted by Crippen LogP contribution is -2.35. The average Bonchev–Trinajstić information content (AvgIpc) is 2.95. The summed E-state index contributed by atoms with van der Waals surface area (Å²) < 4.78 is 26.3. The van der Waals surface area contributed by atoms with E-state index >= 15 is 0 Å². The molecule has 1 amide bonds. The smallest absolute Gasteiger partial charge is 0.331 e. The summed E-state index contributed by atoms with van der Waals surface area (Å²) >= 11 is 0. The van der Waals surface area contributed by atoms with Crippen molar-refractivity contribution in [3.05, 3.63) is 42.2 Å². The fraction of sp³-hybridized carbons (Fsp3) is 0.267. The molecule has 0 fully saturated rings. The Morgan fingerprint density at radius 3 is 2.48 bits per heavy atom. The number of carboxylic acid groups (broad SMARTS) is 1. The molecule has 9 nitrogen and oxygen atoms in total. The maximum absolute atomic E-state index is 12.4. The van der Waals surface area contributed by atoms with Gasteiger partial charge in [0.25, 0.3) is 5.91 Å². The molecule has 0 aliphatic heterocycles. The molecule has 0 atom stereocenters. The van der Waals surface area contributed by atoms with Crippen molar-refractivity contribution in [1.82, 2.24) is 9.78 Å². The number of para-hydroxylation sites is 1. The summed E-state index contributed by atoms with van der Waals surface area (Å²) in [5.74, 6) is -1.63. The number of nitrogens with one attached hydrogen (secondary N) is 2. The number of rotatable bonds is 6. The van der Waals surface area contributed by atoms with Crippen LogP contribution in [0.25, 0.3) is 0 Å². The highest BCUT2D eigenvalue weighted by atomic mass is 32.2. The summed E-state index contributed by atoms with van der Waals surface area (Å²) in [6.45, 7) is 2.94. The lowest BCUT2D eigenvalue weighted by atomic mass is 10.1. The van der Waals surface area contributed by atoms with Crippen molar-refractivity contribution in [3.63, 3.8) is 0 Å². The monoisotopic (exact) mass is 366 g/mol. The highest BCUT2D eigenvalue weighted by Crippen LogP contribution is 2.20. The van der Waals surface area contributed by atoms with E-state index in [0.717, 1.165) is 6.26 Å². The predicted octanol–water partition coefficient (Wildman–Crippen LogP) is 1.33. The molecule has 0 radical (unpaired) electrons. The molecule has 134 valence electrons. The van der Waals surface area contributed by atoms with Gasteiger partial charge in [-0.3, -0.25) is 14.2 Å². The Bertz CT molecular complexity index is 918. The van der Waals surface area contributed by atoms with Crippen LogP contribution in [0.3, 0.4) is 0 Å². The fourth-order valence-corrected chi connectivity index (χ4v) is 2.54. The quantitative estimate of drug-likeness (QED) is 0.707. The lowest BCUT2D eigenvalue weighted by molar-refractivity contribution is -0.146. The molecule has 0 spiro atoms. The molecule has 0 aliphatic rings. The summed E-state index contributed by atoms with van der Waals surface area (Å²) in [5, 5.41) is 15.7. The van der Waals surface area contributed by atoms with Crippen molar-refractivity contribution in [2.45, 2.75) is 19.4 Å². The second-order valence-corrected chi connectivity index (χ2v) is 7.66. The van der Waals surface area contributed by atoms with Crippen LogP contribution in [0, 0.1) is 0 Å². The van der Waals surface area contributed by atoms with Crippen LogP contribution in [0.5, 0.6) is 0 Å². The largest absolute Gasteiger partial charge is 0.479 e. The number of nitrogens with zero attached hydrogens (tertiary/aromatic N) is 2. The number of aliphatic carboxylic acids is 1. The second-order valence-electron chi connectivity index (χ2n) is 5.91. The first-order valence-electron chi connectivity index (χ1n) is 7.17. The van der Waals surface area contributed by atoms with Crippen LogP contribution in [-0.4, -0.2) is 41.4 Å². The van der Waals surface area contributed by atoms with Crippen LogP contribution in [-0.2, 0) is 20.4 Å². The Hall–Kier alpha value is -2.88. The second kappa shape index (κ2) is 6.55. The zero-order chi connectivity index (χ0) is 18.8. The van der Waals surface area contributed by atoms with Crippen LogP contribution < -0.4 is 10.0 Å². The summed E-state index contributed by atoms with van der Waals surface area (Å²) in [6.07, 6.45) is 3.69. The van der Waals surface area contributed by atoms with E-state index < -0.39 is 27.4 Å². The van der Waals surface area contributed by atoms with Gasteiger partial charge in [-0.1, -0.05) is 12.1 Å². The van der Waals surface area contributed by atoms with Crippen LogP contribution in [0.15, 0.2) is 36.7 Å². The normalized spacial score (nSPS) is 11.8. The first kappa shape index (κ1) is 18.5. The predicted molar refractivity (Wildman–Crippen MR) is 92.0 cm³/mol. The van der Waals surface area contributed by atoms with Crippen LogP contribution in [0.4, 0.5) is 11.4 Å². The standard InChI is InChI=1S/C15H18N4O5S/c1-15(2,14(21)22)19-9-10(8-16-19)17-13(20)11-6-4-5-7-12(11)18-25(3,23)24/h4-9,18H,1-3H3,(H,17,20)(H,21,22). The highest BCUT2D eigenvalue weighted by molar-refractivity contribution is 7.92. The van der Waals surface area contributed by atoms with Gasteiger partial charge in [0.2, 0.25) is 10.0 Å². The van der Waals surface area contributed by atoms with Gasteiger partial charge in [-0.05, 0) is 26.0 Å². The minimum Gasteiger partial charge on any atom is -0.479 e. The number of hydrogen-bond donors (Lipinski definition) is 3. The highest BCUT2D eigenvalue weighted by Gasteiger charge is 2.30. The maximum atomic E-state index is 12.4. The van der Waals surface area contributed by atoms with Crippen molar-refractivity contribution in [3.8, 4) is 0 Å². The third-order valence-corrected chi connectivity index (χ3v) is 3.99. The molecule has 2 aromatic rings. The zero-order valence-corrected chi connectivity index (χ0v) is 14.7. The third-order valence-electron chi connectivity index (χ3n) is 3.40. The number of hydrogen-bond acceptors (Lipinski definition) is 5. The Balaban J connectivity index is 2.24. The van der Waals surface area contributed by atoms with Gasteiger partial charge in [-0.15, -0.1) is 0 Å². The van der Waals surface area contributed by atoms with Crippen molar-refractivity contribution in [2.24, 2.45) is 0 Å². The summed E-state index contributed by atoms with van der Waals surface area (Å²) in [7, 11) is -3.54. The van der Waals surface area contributed by atoms with E-state index in [9.17, 15) is 23.1 Å². The maximum Gasteiger partial charge on any atom is 0.331 e. The van der Waals surface area contributed by atoms with E-state index in [0.29, 0.717) is 0 Å². The molecule has 0 unspecified atom stereocenters. The van der Waals surface area contributed by atoms with Gasteiger partial charge in [0.15, 0.2) is 5.54 Å². The van der Waals surface area contributed by atoms with Crippen LogP contribution >= 0.6 is 0 Å². The molecule has 2 rings (SSSR count). The van der Waals surface area contributed by atoms with E-state index in [1.54, 1.807) is 12.1 Å². The van der Waals surface area contributed by atoms with Crippen LogP contribution in [0.1, 0.15) is 24.2 Å². The van der Waals surface area contributed by atoms with Gasteiger partial charge in [-0.2, -0.15) is 5.10 Å². The van der Waals surface area contributed by atoms with Crippen molar-refractivity contribution < 1.29 is 23.1 Å². The number of carbonyl (C=O) groups is 2. The molecule has 1 aromatic carbocycles. The number of amides is 1. The van der Waals surface area contributed by atoms with Crippen molar-refractivity contribution >= 4 is 33.3 Å². The first-order chi connectivity index (χ1) is 11.5. The number of aromatic nitrogens is 2. The Labute approximate surface area is 144 Å². The van der Waals surface area contributed by atoms with Crippen molar-refractivity contribution in [1.29, 1.82) is 0 Å². The topological polar surface area (TPSA) is 130 Å². The molecule has 0 saturated heterocycles. The molecule has 3 N–H and O–H groups in total. The van der Waals surface area contributed by atoms with E-state index in [1.165, 1.54) is 43.1 Å². The molecule has 1 heterocycles. The Morgan fingerprint density at radius 2 is 1.88 bits per heavy atom. The van der Waals surface area contributed by atoms with E-state index in [-0.39, 0.29) is 16.9 Å². The van der Waals surface area contributed by atoms with Crippen LogP contribution in [0.2, 0.25) is 0 Å². The molecular weight excluding hydrogens is 348 g/mol. The summed E-state index contributed by atoms with van der Waals surface area (Å²) in [6, 6.07) is 6.12. The number of carboxylic acids is 1. The molecule has 25 heavy (non-hydrogen) atoms. The minimum atomic E-state index is -3.54. The van der Waals surface area contributed by atoms with E-state index in [4.69, 9.17) is 0 Å². The lowest BCUT2D eigenvalue weighted by Gasteiger charge is -2.19. The SMILES string of the molecule is CC(C)(C(=O)O)n1cc(NC(=O)c2ccccc2NS(C)(=O)=O)cn1. The Morgan fingerprint density at radius 1 is 1.24 bits per heavy atom. The average molecular weight is 366 g/mol. The van der Waals surface area contributed by atoms with Gasteiger partial charge < -0.3 is 10.4 Å². The number of anilines is 2. The third kappa shape index (κ3) is 4.35. The summed E-state index contributed by atoms with van der Waals surface area (Å²) in [4.78, 5) is 23.7. The molecule has 0 aliphatic carbocycles. The van der Waals surface area contributed by atoms with Gasteiger partial charge in [0.1, 0.15) is 0 Å². The molecule has 0 bridgehead atoms. The number of benzene rings is 1.